The molecule has 1 aromatic carbocycles. The van der Waals surface area contributed by atoms with Crippen LogP contribution in [0.3, 0.4) is 0 Å². The zero-order valence-corrected chi connectivity index (χ0v) is 17.0. The van der Waals surface area contributed by atoms with Crippen molar-refractivity contribution in [3.05, 3.63) is 60.4 Å². The zero-order chi connectivity index (χ0) is 20.5. The fourth-order valence-electron chi connectivity index (χ4n) is 2.84. The number of carbonyl (C=O) groups excluding carboxylic acids is 1. The van der Waals surface area contributed by atoms with E-state index in [0.29, 0.717) is 16.7 Å². The van der Waals surface area contributed by atoms with E-state index in [2.05, 4.69) is 10.3 Å². The molecule has 0 aliphatic carbocycles. The van der Waals surface area contributed by atoms with Gasteiger partial charge in [0.15, 0.2) is 5.65 Å². The van der Waals surface area contributed by atoms with Crippen molar-refractivity contribution < 1.29 is 17.9 Å². The molecule has 28 heavy (non-hydrogen) atoms. The number of fused-ring (bicyclic) bond motifs is 1. The van der Waals surface area contributed by atoms with Gasteiger partial charge in [0.1, 0.15) is 5.60 Å². The second-order valence-electron chi connectivity index (χ2n) is 7.44. The quantitative estimate of drug-likeness (QED) is 0.717. The molecular weight excluding hydrogens is 378 g/mol. The van der Waals surface area contributed by atoms with Crippen LogP contribution in [0.15, 0.2) is 59.6 Å². The van der Waals surface area contributed by atoms with Crippen LogP contribution in [0.1, 0.15) is 39.4 Å². The van der Waals surface area contributed by atoms with E-state index in [9.17, 15) is 13.2 Å². The minimum Gasteiger partial charge on any atom is -0.444 e. The van der Waals surface area contributed by atoms with Crippen molar-refractivity contribution in [3.63, 3.8) is 0 Å². The van der Waals surface area contributed by atoms with E-state index in [-0.39, 0.29) is 4.90 Å². The third kappa shape index (κ3) is 4.01. The van der Waals surface area contributed by atoms with Gasteiger partial charge in [-0.1, -0.05) is 18.2 Å². The summed E-state index contributed by atoms with van der Waals surface area (Å²) in [5.41, 5.74) is 0.0383. The van der Waals surface area contributed by atoms with E-state index >= 15 is 0 Å². The molecule has 0 unspecified atom stereocenters. The molecule has 0 spiro atoms. The van der Waals surface area contributed by atoms with Crippen LogP contribution in [0.25, 0.3) is 11.0 Å². The average molecular weight is 401 g/mol. The highest BCUT2D eigenvalue weighted by Gasteiger charge is 2.27. The second-order valence-corrected chi connectivity index (χ2v) is 9.22. The molecule has 2 aromatic heterocycles. The number of alkyl carbamates (subject to hydrolysis) is 1. The smallest absolute Gasteiger partial charge is 0.408 e. The van der Waals surface area contributed by atoms with E-state index in [4.69, 9.17) is 4.74 Å². The van der Waals surface area contributed by atoms with Gasteiger partial charge in [0, 0.05) is 11.6 Å². The maximum atomic E-state index is 13.3. The van der Waals surface area contributed by atoms with Gasteiger partial charge in [0.25, 0.3) is 10.0 Å². The van der Waals surface area contributed by atoms with Crippen molar-refractivity contribution in [1.29, 1.82) is 0 Å². The van der Waals surface area contributed by atoms with Crippen LogP contribution in [0.4, 0.5) is 4.79 Å². The molecule has 8 heteroatoms. The number of pyridine rings is 1. The molecule has 1 N–H and O–H groups in total. The lowest BCUT2D eigenvalue weighted by Crippen LogP contribution is -2.35. The number of hydrogen-bond donors (Lipinski definition) is 1. The fourth-order valence-corrected chi connectivity index (χ4v) is 4.42. The SMILES string of the molecule is C[C@@H](NC(=O)OC(C)(C)C)c1cc2cccnc2n1S(=O)(=O)c1ccccc1. The highest BCUT2D eigenvalue weighted by Crippen LogP contribution is 2.28. The molecule has 0 aliphatic heterocycles. The molecule has 0 radical (unpaired) electrons. The third-order valence-corrected chi connectivity index (χ3v) is 5.74. The topological polar surface area (TPSA) is 90.3 Å². The highest BCUT2D eigenvalue weighted by molar-refractivity contribution is 7.90. The van der Waals surface area contributed by atoms with Crippen LogP contribution in [0, 0.1) is 0 Å². The van der Waals surface area contributed by atoms with Crippen molar-refractivity contribution in [1.82, 2.24) is 14.3 Å². The van der Waals surface area contributed by atoms with Crippen LogP contribution in [0.2, 0.25) is 0 Å². The summed E-state index contributed by atoms with van der Waals surface area (Å²) in [6.45, 7) is 6.99. The van der Waals surface area contributed by atoms with Crippen LogP contribution < -0.4 is 5.32 Å². The summed E-state index contributed by atoms with van der Waals surface area (Å²) in [4.78, 5) is 16.6. The first-order valence-electron chi connectivity index (χ1n) is 8.86. The van der Waals surface area contributed by atoms with Crippen LogP contribution >= 0.6 is 0 Å². The number of amides is 1. The standard InChI is InChI=1S/C20H23N3O4S/c1-14(22-19(24)27-20(2,3)4)17-13-15-9-8-12-21-18(15)23(17)28(25,26)16-10-6-5-7-11-16/h5-14H,1-4H3,(H,22,24)/t14-/m1/s1. The summed E-state index contributed by atoms with van der Waals surface area (Å²) in [7, 11) is -3.91. The number of benzene rings is 1. The lowest BCUT2D eigenvalue weighted by molar-refractivity contribution is 0.0506. The normalized spacial score (nSPS) is 13.3. The van der Waals surface area contributed by atoms with E-state index in [1.807, 2.05) is 0 Å². The Bertz CT molecular complexity index is 1100. The average Bonchev–Trinajstić information content (AvgIpc) is 3.01. The predicted octanol–water partition coefficient (Wildman–Crippen LogP) is 3.86. The van der Waals surface area contributed by atoms with Gasteiger partial charge in [-0.05, 0) is 58.0 Å². The van der Waals surface area contributed by atoms with Crippen molar-refractivity contribution in [2.75, 3.05) is 0 Å². The van der Waals surface area contributed by atoms with Gasteiger partial charge >= 0.3 is 6.09 Å². The first-order chi connectivity index (χ1) is 13.1. The molecule has 3 aromatic rings. The summed E-state index contributed by atoms with van der Waals surface area (Å²) >= 11 is 0. The van der Waals surface area contributed by atoms with Crippen molar-refractivity contribution in [3.8, 4) is 0 Å². The van der Waals surface area contributed by atoms with Crippen LogP contribution in [-0.4, -0.2) is 29.1 Å². The van der Waals surface area contributed by atoms with Gasteiger partial charge < -0.3 is 10.1 Å². The Hall–Kier alpha value is -2.87. The molecule has 0 saturated heterocycles. The molecule has 0 bridgehead atoms. The fraction of sp³-hybridized carbons (Fsp3) is 0.300. The largest absolute Gasteiger partial charge is 0.444 e. The van der Waals surface area contributed by atoms with Gasteiger partial charge in [0.05, 0.1) is 16.6 Å². The number of carbonyl (C=O) groups is 1. The van der Waals surface area contributed by atoms with Gasteiger partial charge in [-0.3, -0.25) is 0 Å². The van der Waals surface area contributed by atoms with Gasteiger partial charge in [-0.25, -0.2) is 22.2 Å². The number of ether oxygens (including phenoxy) is 1. The lowest BCUT2D eigenvalue weighted by atomic mass is 10.2. The van der Waals surface area contributed by atoms with Crippen molar-refractivity contribution in [2.24, 2.45) is 0 Å². The van der Waals surface area contributed by atoms with Crippen molar-refractivity contribution in [2.45, 2.75) is 44.2 Å². The molecule has 1 atom stereocenters. The molecule has 148 valence electrons. The van der Waals surface area contributed by atoms with E-state index in [0.717, 1.165) is 0 Å². The van der Waals surface area contributed by atoms with E-state index < -0.39 is 27.8 Å². The zero-order valence-electron chi connectivity index (χ0n) is 16.2. The van der Waals surface area contributed by atoms with Crippen LogP contribution in [-0.2, 0) is 14.8 Å². The van der Waals surface area contributed by atoms with Crippen LogP contribution in [0.5, 0.6) is 0 Å². The predicted molar refractivity (Wildman–Crippen MR) is 107 cm³/mol. The lowest BCUT2D eigenvalue weighted by Gasteiger charge is -2.22. The first-order valence-corrected chi connectivity index (χ1v) is 10.3. The number of nitrogens with one attached hydrogen (secondary N) is 1. The number of aromatic nitrogens is 2. The second kappa shape index (κ2) is 7.27. The Morgan fingerprint density at radius 3 is 2.46 bits per heavy atom. The summed E-state index contributed by atoms with van der Waals surface area (Å²) in [5.74, 6) is 0. The van der Waals surface area contributed by atoms with Gasteiger partial charge in [-0.2, -0.15) is 0 Å². The molecule has 3 rings (SSSR count). The minimum absolute atomic E-state index is 0.142. The minimum atomic E-state index is -3.91. The maximum Gasteiger partial charge on any atom is 0.408 e. The molecule has 2 heterocycles. The Kier molecular flexibility index (Phi) is 5.16. The van der Waals surface area contributed by atoms with Gasteiger partial charge in [0.2, 0.25) is 0 Å². The monoisotopic (exact) mass is 401 g/mol. The number of nitrogens with zero attached hydrogens (tertiary/aromatic N) is 2. The van der Waals surface area contributed by atoms with E-state index in [1.54, 1.807) is 64.1 Å². The Balaban J connectivity index is 2.09. The summed E-state index contributed by atoms with van der Waals surface area (Å²) in [6, 6.07) is 12.7. The number of rotatable bonds is 4. The first kappa shape index (κ1) is 19.9. The van der Waals surface area contributed by atoms with E-state index in [1.165, 1.54) is 22.3 Å². The molecule has 7 nitrogen and oxygen atoms in total. The summed E-state index contributed by atoms with van der Waals surface area (Å²) in [6.07, 6.45) is 0.914. The molecule has 0 saturated carbocycles. The Morgan fingerprint density at radius 1 is 1.14 bits per heavy atom. The highest BCUT2D eigenvalue weighted by atomic mass is 32.2. The number of hydrogen-bond acceptors (Lipinski definition) is 5. The Morgan fingerprint density at radius 2 is 1.82 bits per heavy atom. The summed E-state index contributed by atoms with van der Waals surface area (Å²) in [5, 5.41) is 3.37. The summed E-state index contributed by atoms with van der Waals surface area (Å²) < 4.78 is 33.1. The molecular formula is C20H23N3O4S. The maximum absolute atomic E-state index is 13.3. The molecule has 1 amide bonds. The molecule has 0 fully saturated rings. The third-order valence-electron chi connectivity index (χ3n) is 4.01. The van der Waals surface area contributed by atoms with Gasteiger partial charge in [-0.15, -0.1) is 0 Å². The molecule has 0 aliphatic rings. The van der Waals surface area contributed by atoms with Crippen molar-refractivity contribution >= 4 is 27.1 Å². The Labute approximate surface area is 164 Å².